The summed E-state index contributed by atoms with van der Waals surface area (Å²) >= 11 is 0. The molecule has 7 heteroatoms. The second-order valence-corrected chi connectivity index (χ2v) is 9.79. The molecule has 2 amide bonds. The Morgan fingerprint density at radius 3 is 2.66 bits per heavy atom. The van der Waals surface area contributed by atoms with Gasteiger partial charge < -0.3 is 10.6 Å². The minimum Gasteiger partial charge on any atom is -0.352 e. The smallest absolute Gasteiger partial charge is 0.252 e. The summed E-state index contributed by atoms with van der Waals surface area (Å²) in [6.07, 6.45) is 0.542. The van der Waals surface area contributed by atoms with Gasteiger partial charge in [-0.25, -0.2) is 9.67 Å². The number of hydrogen-bond donors (Lipinski definition) is 2. The number of carbonyl (C=O) groups excluding carboxylic acids is 2. The number of amides is 2. The minimum absolute atomic E-state index is 0.0175. The van der Waals surface area contributed by atoms with E-state index in [1.165, 1.54) is 0 Å². The first-order valence-electron chi connectivity index (χ1n) is 11.2. The van der Waals surface area contributed by atoms with Crippen LogP contribution in [0.25, 0.3) is 11.0 Å². The van der Waals surface area contributed by atoms with E-state index in [0.29, 0.717) is 18.5 Å². The highest BCUT2D eigenvalue weighted by molar-refractivity contribution is 6.07. The molecule has 0 saturated heterocycles. The zero-order chi connectivity index (χ0) is 23.2. The molecule has 0 radical (unpaired) electrons. The van der Waals surface area contributed by atoms with Gasteiger partial charge in [-0.05, 0) is 57.7 Å². The van der Waals surface area contributed by atoms with Gasteiger partial charge in [0.1, 0.15) is 0 Å². The van der Waals surface area contributed by atoms with E-state index in [4.69, 9.17) is 10.1 Å². The van der Waals surface area contributed by atoms with Gasteiger partial charge in [-0.1, -0.05) is 32.0 Å². The van der Waals surface area contributed by atoms with Crippen molar-refractivity contribution in [2.45, 2.75) is 65.3 Å². The fourth-order valence-corrected chi connectivity index (χ4v) is 4.24. The molecule has 1 aliphatic rings. The summed E-state index contributed by atoms with van der Waals surface area (Å²) in [7, 11) is 0. The highest BCUT2D eigenvalue weighted by Crippen LogP contribution is 2.34. The largest absolute Gasteiger partial charge is 0.352 e. The molecule has 0 fully saturated rings. The molecule has 2 N–H and O–H groups in total. The number of rotatable bonds is 5. The van der Waals surface area contributed by atoms with Crippen molar-refractivity contribution in [3.05, 3.63) is 52.8 Å². The molecule has 3 heterocycles. The average molecular weight is 434 g/mol. The average Bonchev–Trinajstić information content (AvgIpc) is 3.24. The van der Waals surface area contributed by atoms with Crippen LogP contribution in [-0.4, -0.2) is 33.1 Å². The van der Waals surface area contributed by atoms with Crippen LogP contribution in [-0.2, 0) is 10.3 Å². The Labute approximate surface area is 188 Å². The lowest BCUT2D eigenvalue weighted by Gasteiger charge is -2.20. The van der Waals surface area contributed by atoms with Crippen molar-refractivity contribution in [1.82, 2.24) is 20.1 Å². The third-order valence-corrected chi connectivity index (χ3v) is 5.93. The van der Waals surface area contributed by atoms with Gasteiger partial charge in [0.05, 0.1) is 28.1 Å². The third-order valence-electron chi connectivity index (χ3n) is 5.93. The molecule has 168 valence electrons. The predicted octanol–water partition coefficient (Wildman–Crippen LogP) is 4.47. The number of carbonyl (C=O) groups is 2. The van der Waals surface area contributed by atoms with Crippen molar-refractivity contribution in [3.63, 3.8) is 0 Å². The van der Waals surface area contributed by atoms with Gasteiger partial charge in [0.15, 0.2) is 5.65 Å². The van der Waals surface area contributed by atoms with Crippen LogP contribution in [0.1, 0.15) is 80.2 Å². The number of fused-ring (bicyclic) bond motifs is 2. The van der Waals surface area contributed by atoms with Gasteiger partial charge in [0.25, 0.3) is 5.91 Å². The summed E-state index contributed by atoms with van der Waals surface area (Å²) in [6, 6.07) is 9.58. The Kier molecular flexibility index (Phi) is 5.53. The number of nitrogens with zero attached hydrogens (tertiary/aromatic N) is 3. The zero-order valence-electron chi connectivity index (χ0n) is 19.6. The summed E-state index contributed by atoms with van der Waals surface area (Å²) in [4.78, 5) is 30.5. The Morgan fingerprint density at radius 2 is 1.97 bits per heavy atom. The zero-order valence-corrected chi connectivity index (χ0v) is 19.6. The molecule has 0 saturated carbocycles. The van der Waals surface area contributed by atoms with Gasteiger partial charge in [0, 0.05) is 17.9 Å². The summed E-state index contributed by atoms with van der Waals surface area (Å²) in [5.74, 6) is -0.257. The number of aryl methyl sites for hydroxylation is 1. The van der Waals surface area contributed by atoms with Gasteiger partial charge in [-0.15, -0.1) is 0 Å². The molecule has 1 aliphatic heterocycles. The van der Waals surface area contributed by atoms with E-state index < -0.39 is 0 Å². The molecule has 32 heavy (non-hydrogen) atoms. The van der Waals surface area contributed by atoms with Crippen LogP contribution in [0.15, 0.2) is 30.3 Å². The quantitative estimate of drug-likeness (QED) is 0.621. The number of hydrogen-bond acceptors (Lipinski definition) is 4. The molecule has 7 nitrogen and oxygen atoms in total. The second-order valence-electron chi connectivity index (χ2n) is 9.79. The van der Waals surface area contributed by atoms with Crippen molar-refractivity contribution < 1.29 is 9.59 Å². The summed E-state index contributed by atoms with van der Waals surface area (Å²) in [5, 5.41) is 11.4. The van der Waals surface area contributed by atoms with E-state index in [9.17, 15) is 9.59 Å². The molecule has 1 atom stereocenters. The molecule has 3 aromatic rings. The fourth-order valence-electron chi connectivity index (χ4n) is 4.24. The summed E-state index contributed by atoms with van der Waals surface area (Å²) < 4.78 is 1.90. The van der Waals surface area contributed by atoms with E-state index in [0.717, 1.165) is 33.7 Å². The number of benzene rings is 1. The van der Waals surface area contributed by atoms with E-state index in [2.05, 4.69) is 45.3 Å². The van der Waals surface area contributed by atoms with Crippen molar-refractivity contribution >= 4 is 28.5 Å². The van der Waals surface area contributed by atoms with E-state index in [1.807, 2.05) is 41.9 Å². The van der Waals surface area contributed by atoms with Gasteiger partial charge in [-0.3, -0.25) is 9.59 Å². The Balaban J connectivity index is 1.61. The van der Waals surface area contributed by atoms with E-state index in [1.54, 1.807) is 0 Å². The minimum atomic E-state index is -0.258. The fraction of sp³-hybridized carbons (Fsp3) is 0.440. The van der Waals surface area contributed by atoms with E-state index in [-0.39, 0.29) is 29.2 Å². The molecule has 2 aromatic heterocycles. The van der Waals surface area contributed by atoms with Crippen LogP contribution in [0.4, 0.5) is 5.69 Å². The van der Waals surface area contributed by atoms with Crippen LogP contribution in [0.2, 0.25) is 0 Å². The molecule has 0 spiro atoms. The monoisotopic (exact) mass is 433 g/mol. The molecular formula is C25H31N5O2. The van der Waals surface area contributed by atoms with Crippen molar-refractivity contribution in [1.29, 1.82) is 0 Å². The molecule has 1 aromatic carbocycles. The highest BCUT2D eigenvalue weighted by Gasteiger charge is 2.30. The van der Waals surface area contributed by atoms with Gasteiger partial charge in [-0.2, -0.15) is 5.10 Å². The topological polar surface area (TPSA) is 88.9 Å². The number of aromatic nitrogens is 3. The maximum Gasteiger partial charge on any atom is 0.252 e. The van der Waals surface area contributed by atoms with Crippen LogP contribution in [0, 0.1) is 6.92 Å². The molecule has 1 unspecified atom stereocenters. The van der Waals surface area contributed by atoms with Crippen LogP contribution >= 0.6 is 0 Å². The van der Waals surface area contributed by atoms with E-state index >= 15 is 0 Å². The normalized spacial score (nSPS) is 15.8. The Morgan fingerprint density at radius 1 is 1.25 bits per heavy atom. The number of anilines is 1. The Bertz CT molecular complexity index is 1200. The maximum absolute atomic E-state index is 13.3. The van der Waals surface area contributed by atoms with Gasteiger partial charge in [0.2, 0.25) is 5.91 Å². The molecule has 0 aliphatic carbocycles. The summed E-state index contributed by atoms with van der Waals surface area (Å²) in [5.41, 5.74) is 4.55. The number of nitrogens with one attached hydrogen (secondary N) is 2. The van der Waals surface area contributed by atoms with Crippen LogP contribution < -0.4 is 10.6 Å². The second kappa shape index (κ2) is 8.04. The molecule has 0 bridgehead atoms. The Hall–Kier alpha value is -3.22. The van der Waals surface area contributed by atoms with Crippen LogP contribution in [0.3, 0.4) is 0 Å². The molecule has 4 rings (SSSR count). The first-order chi connectivity index (χ1) is 15.1. The lowest BCUT2D eigenvalue weighted by molar-refractivity contribution is -0.117. The lowest BCUT2D eigenvalue weighted by Crippen LogP contribution is -2.28. The summed E-state index contributed by atoms with van der Waals surface area (Å²) in [6.45, 7) is 12.7. The lowest BCUT2D eigenvalue weighted by atomic mass is 9.97. The van der Waals surface area contributed by atoms with Crippen molar-refractivity contribution in [2.75, 3.05) is 11.9 Å². The van der Waals surface area contributed by atoms with Gasteiger partial charge >= 0.3 is 0 Å². The highest BCUT2D eigenvalue weighted by atomic mass is 16.2. The van der Waals surface area contributed by atoms with Crippen LogP contribution in [0.5, 0.6) is 0 Å². The maximum atomic E-state index is 13.3. The SMILES string of the molecule is Cc1nn(C(C)(C)C)c2nc(C(C)C)cc(C(=O)NCCC3C(=O)Nc4ccccc43)c12. The number of para-hydroxylation sites is 1. The third kappa shape index (κ3) is 3.87. The number of pyridine rings is 1. The van der Waals surface area contributed by atoms with Crippen molar-refractivity contribution in [3.8, 4) is 0 Å². The first kappa shape index (κ1) is 22.0. The standard InChI is InChI=1S/C25H31N5O2/c1-14(2)20-13-18(21-15(3)29-30(22(21)27-20)25(4,5)6)23(31)26-12-11-17-16-9-7-8-10-19(16)28-24(17)32/h7-10,13-14,17H,11-12H2,1-6H3,(H,26,31)(H,28,32). The first-order valence-corrected chi connectivity index (χ1v) is 11.2. The molecular weight excluding hydrogens is 402 g/mol. The predicted molar refractivity (Wildman–Crippen MR) is 126 cm³/mol. The van der Waals surface area contributed by atoms with Crippen molar-refractivity contribution in [2.24, 2.45) is 0 Å².